The van der Waals surface area contributed by atoms with Crippen LogP contribution in [0.5, 0.6) is 0 Å². The van der Waals surface area contributed by atoms with E-state index in [0.717, 1.165) is 0 Å². The van der Waals surface area contributed by atoms with E-state index in [1.165, 1.54) is 17.1 Å². The number of aliphatic hydroxyl groups is 1. The van der Waals surface area contributed by atoms with Crippen molar-refractivity contribution in [1.29, 1.82) is 0 Å². The fourth-order valence-corrected chi connectivity index (χ4v) is 2.56. The van der Waals surface area contributed by atoms with Crippen molar-refractivity contribution in [2.24, 2.45) is 0 Å². The summed E-state index contributed by atoms with van der Waals surface area (Å²) >= 11 is 0. The van der Waals surface area contributed by atoms with Crippen LogP contribution in [0.1, 0.15) is 12.8 Å². The molecule has 0 bridgehead atoms. The number of carbonyl (C=O) groups excluding carboxylic acids is 1. The lowest BCUT2D eigenvalue weighted by Gasteiger charge is -2.14. The average Bonchev–Trinajstić information content (AvgIpc) is 2.87. The molecule has 0 aliphatic carbocycles. The van der Waals surface area contributed by atoms with E-state index in [2.05, 4.69) is 15.3 Å². The maximum absolute atomic E-state index is 12.2. The molecule has 2 atom stereocenters. The highest BCUT2D eigenvalue weighted by molar-refractivity contribution is 5.79. The van der Waals surface area contributed by atoms with Crippen molar-refractivity contribution < 1.29 is 9.90 Å². The molecule has 1 unspecified atom stereocenters. The second kappa shape index (κ2) is 5.71. The van der Waals surface area contributed by atoms with Gasteiger partial charge in [-0.3, -0.25) is 14.2 Å². The third-order valence-electron chi connectivity index (χ3n) is 3.69. The Hall–Kier alpha value is -2.12. The summed E-state index contributed by atoms with van der Waals surface area (Å²) < 4.78 is 1.26. The van der Waals surface area contributed by atoms with Gasteiger partial charge in [0.2, 0.25) is 0 Å². The van der Waals surface area contributed by atoms with E-state index in [4.69, 9.17) is 0 Å². The Morgan fingerprint density at radius 2 is 2.33 bits per heavy atom. The standard InChI is InChI=1S/C14H16N4O3/c19-9(6-11-12(20)3-5-15-11)7-18-8-17-10-2-1-4-16-13(10)14(18)21/h1-2,4,8,11-12,15,20H,3,5-7H2/t11-,12?/m1/s1. The number of nitrogens with one attached hydrogen (secondary N) is 1. The van der Waals surface area contributed by atoms with Crippen LogP contribution in [0.2, 0.25) is 0 Å². The highest BCUT2D eigenvalue weighted by atomic mass is 16.3. The van der Waals surface area contributed by atoms with Crippen molar-refractivity contribution in [3.63, 3.8) is 0 Å². The number of hydrogen-bond donors (Lipinski definition) is 2. The van der Waals surface area contributed by atoms with Gasteiger partial charge in [-0.1, -0.05) is 0 Å². The first kappa shape index (κ1) is 13.8. The van der Waals surface area contributed by atoms with Gasteiger partial charge in [0.1, 0.15) is 0 Å². The fraction of sp³-hybridized carbons (Fsp3) is 0.429. The number of Topliss-reactive ketones (excluding diaryl/α,β-unsaturated/α-hetero) is 1. The van der Waals surface area contributed by atoms with E-state index in [1.54, 1.807) is 12.1 Å². The van der Waals surface area contributed by atoms with Crippen molar-refractivity contribution in [2.45, 2.75) is 31.5 Å². The first-order valence-corrected chi connectivity index (χ1v) is 6.88. The predicted octanol–water partition coefficient (Wildman–Crippen LogP) is -0.527. The lowest BCUT2D eigenvalue weighted by Crippen LogP contribution is -2.34. The van der Waals surface area contributed by atoms with Gasteiger partial charge in [0.25, 0.3) is 5.56 Å². The van der Waals surface area contributed by atoms with Crippen LogP contribution >= 0.6 is 0 Å². The van der Waals surface area contributed by atoms with Gasteiger partial charge in [-0.05, 0) is 25.1 Å². The summed E-state index contributed by atoms with van der Waals surface area (Å²) in [6, 6.07) is 3.19. The largest absolute Gasteiger partial charge is 0.391 e. The number of fused-ring (bicyclic) bond motifs is 1. The molecule has 7 heteroatoms. The van der Waals surface area contributed by atoms with E-state index in [1.807, 2.05) is 0 Å². The molecular formula is C14H16N4O3. The van der Waals surface area contributed by atoms with E-state index in [-0.39, 0.29) is 35.9 Å². The van der Waals surface area contributed by atoms with Crippen LogP contribution in [0.25, 0.3) is 11.0 Å². The summed E-state index contributed by atoms with van der Waals surface area (Å²) in [6.07, 6.45) is 3.24. The van der Waals surface area contributed by atoms with Gasteiger partial charge in [0, 0.05) is 18.7 Å². The highest BCUT2D eigenvalue weighted by Crippen LogP contribution is 2.11. The van der Waals surface area contributed by atoms with Crippen LogP contribution in [0.4, 0.5) is 0 Å². The Labute approximate surface area is 120 Å². The van der Waals surface area contributed by atoms with Gasteiger partial charge in [0.05, 0.1) is 24.5 Å². The van der Waals surface area contributed by atoms with Crippen LogP contribution in [0, 0.1) is 0 Å². The molecule has 21 heavy (non-hydrogen) atoms. The number of rotatable bonds is 4. The molecule has 0 spiro atoms. The summed E-state index contributed by atoms with van der Waals surface area (Å²) in [7, 11) is 0. The molecule has 0 amide bonds. The molecule has 1 aliphatic rings. The zero-order valence-corrected chi connectivity index (χ0v) is 11.4. The van der Waals surface area contributed by atoms with Crippen LogP contribution < -0.4 is 10.9 Å². The van der Waals surface area contributed by atoms with E-state index in [0.29, 0.717) is 18.5 Å². The molecular weight excluding hydrogens is 272 g/mol. The summed E-state index contributed by atoms with van der Waals surface area (Å²) in [5.74, 6) is -0.118. The van der Waals surface area contributed by atoms with Crippen LogP contribution in [0.3, 0.4) is 0 Å². The van der Waals surface area contributed by atoms with Crippen LogP contribution in [-0.2, 0) is 11.3 Å². The minimum atomic E-state index is -0.498. The smallest absolute Gasteiger partial charge is 0.280 e. The summed E-state index contributed by atoms with van der Waals surface area (Å²) in [5.41, 5.74) is 0.444. The lowest BCUT2D eigenvalue weighted by molar-refractivity contribution is -0.120. The molecule has 1 aliphatic heterocycles. The van der Waals surface area contributed by atoms with Gasteiger partial charge in [-0.2, -0.15) is 0 Å². The van der Waals surface area contributed by atoms with Crippen molar-refractivity contribution in [3.8, 4) is 0 Å². The molecule has 0 radical (unpaired) electrons. The van der Waals surface area contributed by atoms with Gasteiger partial charge in [-0.25, -0.2) is 9.97 Å². The Morgan fingerprint density at radius 1 is 1.48 bits per heavy atom. The number of nitrogens with zero attached hydrogens (tertiary/aromatic N) is 3. The lowest BCUT2D eigenvalue weighted by atomic mass is 10.1. The Kier molecular flexibility index (Phi) is 3.76. The predicted molar refractivity (Wildman–Crippen MR) is 75.8 cm³/mol. The van der Waals surface area contributed by atoms with Crippen molar-refractivity contribution in [2.75, 3.05) is 6.54 Å². The normalized spacial score (nSPS) is 21.8. The number of hydrogen-bond acceptors (Lipinski definition) is 6. The topological polar surface area (TPSA) is 97.1 Å². The molecule has 7 nitrogen and oxygen atoms in total. The summed E-state index contributed by atoms with van der Waals surface area (Å²) in [4.78, 5) is 32.4. The van der Waals surface area contributed by atoms with Gasteiger partial charge >= 0.3 is 0 Å². The Balaban J connectivity index is 1.77. The maximum Gasteiger partial charge on any atom is 0.280 e. The molecule has 2 aromatic heterocycles. The number of aromatic nitrogens is 3. The van der Waals surface area contributed by atoms with Crippen molar-refractivity contribution in [3.05, 3.63) is 35.0 Å². The second-order valence-electron chi connectivity index (χ2n) is 5.21. The Bertz CT molecular complexity index is 727. The summed E-state index contributed by atoms with van der Waals surface area (Å²) in [6.45, 7) is 0.657. The van der Waals surface area contributed by atoms with Crippen molar-refractivity contribution >= 4 is 16.8 Å². The minimum Gasteiger partial charge on any atom is -0.391 e. The van der Waals surface area contributed by atoms with E-state index in [9.17, 15) is 14.7 Å². The van der Waals surface area contributed by atoms with E-state index < -0.39 is 6.10 Å². The van der Waals surface area contributed by atoms with Gasteiger partial charge in [-0.15, -0.1) is 0 Å². The first-order valence-electron chi connectivity index (χ1n) is 6.88. The summed E-state index contributed by atoms with van der Waals surface area (Å²) in [5, 5.41) is 12.8. The monoisotopic (exact) mass is 288 g/mol. The minimum absolute atomic E-state index is 0.0523. The molecule has 1 saturated heterocycles. The fourth-order valence-electron chi connectivity index (χ4n) is 2.56. The van der Waals surface area contributed by atoms with Crippen LogP contribution in [-0.4, -0.2) is 44.1 Å². The average molecular weight is 288 g/mol. The zero-order valence-electron chi connectivity index (χ0n) is 11.4. The third kappa shape index (κ3) is 2.84. The second-order valence-corrected chi connectivity index (χ2v) is 5.21. The zero-order chi connectivity index (χ0) is 14.8. The molecule has 3 heterocycles. The number of ketones is 1. The molecule has 0 aromatic carbocycles. The number of carbonyl (C=O) groups is 1. The van der Waals surface area contributed by atoms with E-state index >= 15 is 0 Å². The van der Waals surface area contributed by atoms with Crippen molar-refractivity contribution in [1.82, 2.24) is 19.9 Å². The maximum atomic E-state index is 12.2. The molecule has 2 aromatic rings. The number of aliphatic hydroxyl groups excluding tert-OH is 1. The molecule has 2 N–H and O–H groups in total. The van der Waals surface area contributed by atoms with Crippen LogP contribution in [0.15, 0.2) is 29.5 Å². The SMILES string of the molecule is O=C(C[C@H]1NCCC1O)Cn1cnc2cccnc2c1=O. The quantitative estimate of drug-likeness (QED) is 0.785. The molecule has 3 rings (SSSR count). The van der Waals surface area contributed by atoms with Gasteiger partial charge in [0.15, 0.2) is 11.3 Å². The molecule has 0 saturated carbocycles. The van der Waals surface area contributed by atoms with Gasteiger partial charge < -0.3 is 10.4 Å². The third-order valence-corrected chi connectivity index (χ3v) is 3.69. The Morgan fingerprint density at radius 3 is 3.10 bits per heavy atom. The number of pyridine rings is 1. The highest BCUT2D eigenvalue weighted by Gasteiger charge is 2.26. The molecule has 110 valence electrons. The first-order chi connectivity index (χ1) is 10.1. The molecule has 1 fully saturated rings.